The molecule has 0 radical (unpaired) electrons. The van der Waals surface area contributed by atoms with E-state index in [1.165, 1.54) is 37.2 Å². The van der Waals surface area contributed by atoms with Crippen LogP contribution in [-0.2, 0) is 19.2 Å². The largest absolute Gasteiger partial charge is 0.508 e. The van der Waals surface area contributed by atoms with Crippen molar-refractivity contribution < 1.29 is 34.1 Å². The molecule has 2 aromatic carbocycles. The standard InChI is InChI=1S/C31H26N4O9/c1-14-10-24(37)21-13-20-18(25(27(21)29(14)38)15-4-6-17(36)7-5-15)8-9-19-26(20)31(40)33(30(19)39)16-11-22(34(41)42)28(32(2)3)23(12-16)35(43)44/h4-8,10-12,19-20,25-26,36H,9,13H2,1-3H3. The number of nitro benzene ring substituents is 2. The molecule has 1 aliphatic heterocycles. The molecule has 44 heavy (non-hydrogen) atoms. The molecular formula is C31H26N4O9. The summed E-state index contributed by atoms with van der Waals surface area (Å²) in [6, 6.07) is 8.19. The summed E-state index contributed by atoms with van der Waals surface area (Å²) in [6.45, 7) is 1.56. The minimum Gasteiger partial charge on any atom is -0.508 e. The zero-order chi connectivity index (χ0) is 31.8. The first-order chi connectivity index (χ1) is 20.8. The number of hydrogen-bond donors (Lipinski definition) is 1. The van der Waals surface area contributed by atoms with Crippen LogP contribution in [-0.4, -0.2) is 52.4 Å². The molecule has 0 spiro atoms. The number of phenols is 1. The number of nitro groups is 2. The van der Waals surface area contributed by atoms with Crippen molar-refractivity contribution >= 4 is 46.1 Å². The molecule has 3 aliphatic carbocycles. The van der Waals surface area contributed by atoms with Gasteiger partial charge in [0.25, 0.3) is 0 Å². The van der Waals surface area contributed by atoms with Crippen LogP contribution >= 0.6 is 0 Å². The van der Waals surface area contributed by atoms with Crippen LogP contribution in [0.25, 0.3) is 0 Å². The number of aromatic hydroxyl groups is 1. The van der Waals surface area contributed by atoms with Crippen molar-refractivity contribution in [2.24, 2.45) is 17.8 Å². The average Bonchev–Trinajstić information content (AvgIpc) is 3.23. The number of ketones is 2. The molecule has 0 aromatic heterocycles. The molecule has 2 aromatic rings. The van der Waals surface area contributed by atoms with Crippen LogP contribution in [0.2, 0.25) is 0 Å². The third kappa shape index (κ3) is 4.14. The third-order valence-corrected chi connectivity index (χ3v) is 8.94. The van der Waals surface area contributed by atoms with Gasteiger partial charge in [-0.25, -0.2) is 4.90 Å². The molecule has 4 unspecified atom stereocenters. The van der Waals surface area contributed by atoms with E-state index in [1.54, 1.807) is 19.1 Å². The van der Waals surface area contributed by atoms with Gasteiger partial charge in [-0.05, 0) is 49.5 Å². The minimum atomic E-state index is -0.974. The second kappa shape index (κ2) is 10.1. The summed E-state index contributed by atoms with van der Waals surface area (Å²) in [5, 5.41) is 33.8. The molecule has 13 nitrogen and oxygen atoms in total. The van der Waals surface area contributed by atoms with Gasteiger partial charge >= 0.3 is 11.4 Å². The number of benzene rings is 2. The number of allylic oxidation sites excluding steroid dienone is 6. The summed E-state index contributed by atoms with van der Waals surface area (Å²) in [5.41, 5.74) is 0.318. The third-order valence-electron chi connectivity index (χ3n) is 8.94. The smallest absolute Gasteiger partial charge is 0.301 e. The van der Waals surface area contributed by atoms with Crippen molar-refractivity contribution in [1.82, 2.24) is 0 Å². The molecule has 13 heteroatoms. The fourth-order valence-corrected chi connectivity index (χ4v) is 7.12. The maximum Gasteiger partial charge on any atom is 0.301 e. The number of carbonyl (C=O) groups excluding carboxylic acids is 4. The van der Waals surface area contributed by atoms with E-state index in [1.807, 2.05) is 6.08 Å². The first-order valence-corrected chi connectivity index (χ1v) is 13.8. The quantitative estimate of drug-likeness (QED) is 0.174. The summed E-state index contributed by atoms with van der Waals surface area (Å²) < 4.78 is 0. The predicted octanol–water partition coefficient (Wildman–Crippen LogP) is 3.91. The second-order valence-electron chi connectivity index (χ2n) is 11.6. The van der Waals surface area contributed by atoms with Crippen molar-refractivity contribution in [2.45, 2.75) is 25.7 Å². The number of hydrogen-bond acceptors (Lipinski definition) is 10. The zero-order valence-electron chi connectivity index (χ0n) is 23.8. The van der Waals surface area contributed by atoms with Crippen molar-refractivity contribution in [3.8, 4) is 5.75 Å². The molecule has 1 N–H and O–H groups in total. The van der Waals surface area contributed by atoms with Gasteiger partial charge < -0.3 is 10.0 Å². The summed E-state index contributed by atoms with van der Waals surface area (Å²) in [6.07, 6.45) is 3.22. The summed E-state index contributed by atoms with van der Waals surface area (Å²) >= 11 is 0. The number of imide groups is 1. The number of anilines is 2. The van der Waals surface area contributed by atoms with Gasteiger partial charge in [-0.1, -0.05) is 23.8 Å². The van der Waals surface area contributed by atoms with E-state index in [2.05, 4.69) is 0 Å². The van der Waals surface area contributed by atoms with Gasteiger partial charge in [-0.15, -0.1) is 0 Å². The van der Waals surface area contributed by atoms with Gasteiger partial charge in [0.05, 0.1) is 27.4 Å². The Morgan fingerprint density at radius 1 is 0.932 bits per heavy atom. The van der Waals surface area contributed by atoms with E-state index in [-0.39, 0.29) is 52.7 Å². The molecule has 1 saturated heterocycles. The van der Waals surface area contributed by atoms with Gasteiger partial charge in [0.2, 0.25) is 11.8 Å². The lowest BCUT2D eigenvalue weighted by atomic mass is 9.59. The van der Waals surface area contributed by atoms with Gasteiger partial charge in [-0.2, -0.15) is 0 Å². The molecule has 224 valence electrons. The van der Waals surface area contributed by atoms with Crippen LogP contribution in [0.1, 0.15) is 31.2 Å². The fourth-order valence-electron chi connectivity index (χ4n) is 7.12. The minimum absolute atomic E-state index is 0.00538. The van der Waals surface area contributed by atoms with E-state index in [0.29, 0.717) is 16.7 Å². The Kier molecular flexibility index (Phi) is 6.56. The SMILES string of the molecule is CC1=CC(=O)C2=C(C1=O)C(c1ccc(O)cc1)C1=CCC3C(=O)N(c4cc([N+](=O)[O-])c(N(C)C)c([N+](=O)[O-])c4)C(=O)C3C1C2. The number of phenolic OH excluding ortho intramolecular Hbond substituents is 1. The van der Waals surface area contributed by atoms with E-state index >= 15 is 0 Å². The number of Topliss-reactive ketones (excluding diaryl/α,β-unsaturated/α-hetero) is 1. The van der Waals surface area contributed by atoms with Gasteiger partial charge in [0.1, 0.15) is 5.75 Å². The lowest BCUT2D eigenvalue weighted by molar-refractivity contribution is -0.392. The molecule has 2 amide bonds. The average molecular weight is 599 g/mol. The van der Waals surface area contributed by atoms with Gasteiger partial charge in [0, 0.05) is 48.9 Å². The molecule has 1 fully saturated rings. The number of fused-ring (bicyclic) bond motifs is 3. The predicted molar refractivity (Wildman–Crippen MR) is 156 cm³/mol. The Balaban J connectivity index is 1.48. The van der Waals surface area contributed by atoms with Crippen molar-refractivity contribution in [3.05, 3.63) is 96.6 Å². The van der Waals surface area contributed by atoms with E-state index in [4.69, 9.17) is 0 Å². The van der Waals surface area contributed by atoms with Crippen LogP contribution in [0.15, 0.2) is 70.8 Å². The zero-order valence-corrected chi connectivity index (χ0v) is 23.8. The maximum atomic E-state index is 14.1. The van der Waals surface area contributed by atoms with E-state index in [0.717, 1.165) is 17.0 Å². The Labute approximate surface area is 250 Å². The van der Waals surface area contributed by atoms with Crippen LogP contribution < -0.4 is 9.80 Å². The summed E-state index contributed by atoms with van der Waals surface area (Å²) in [4.78, 5) is 79.0. The van der Waals surface area contributed by atoms with E-state index < -0.39 is 56.7 Å². The Morgan fingerprint density at radius 2 is 1.55 bits per heavy atom. The highest BCUT2D eigenvalue weighted by molar-refractivity contribution is 6.25. The summed E-state index contributed by atoms with van der Waals surface area (Å²) in [7, 11) is 2.82. The number of amides is 2. The number of carbonyl (C=O) groups is 4. The van der Waals surface area contributed by atoms with Crippen molar-refractivity contribution in [2.75, 3.05) is 23.9 Å². The second-order valence-corrected chi connectivity index (χ2v) is 11.6. The first kappa shape index (κ1) is 28.6. The van der Waals surface area contributed by atoms with Crippen LogP contribution in [0, 0.1) is 38.0 Å². The van der Waals surface area contributed by atoms with Gasteiger partial charge in [0.15, 0.2) is 17.3 Å². The van der Waals surface area contributed by atoms with Crippen molar-refractivity contribution in [3.63, 3.8) is 0 Å². The van der Waals surface area contributed by atoms with Crippen LogP contribution in [0.5, 0.6) is 5.75 Å². The topological polar surface area (TPSA) is 181 Å². The molecule has 4 aliphatic rings. The Bertz CT molecular complexity index is 1780. The summed E-state index contributed by atoms with van der Waals surface area (Å²) in [5.74, 6) is -5.21. The molecule has 0 bridgehead atoms. The maximum absolute atomic E-state index is 14.1. The normalized spacial score (nSPS) is 24.4. The monoisotopic (exact) mass is 598 g/mol. The molecule has 4 atom stereocenters. The first-order valence-electron chi connectivity index (χ1n) is 13.8. The lowest BCUT2D eigenvalue weighted by Gasteiger charge is -2.42. The molecule has 6 rings (SSSR count). The lowest BCUT2D eigenvalue weighted by Crippen LogP contribution is -2.39. The van der Waals surface area contributed by atoms with Crippen molar-refractivity contribution in [1.29, 1.82) is 0 Å². The molecule has 1 heterocycles. The van der Waals surface area contributed by atoms with E-state index in [9.17, 15) is 44.5 Å². The van der Waals surface area contributed by atoms with Gasteiger partial charge in [-0.3, -0.25) is 39.4 Å². The highest BCUT2D eigenvalue weighted by Crippen LogP contribution is 2.56. The van der Waals surface area contributed by atoms with Crippen LogP contribution in [0.4, 0.5) is 22.7 Å². The number of rotatable bonds is 5. The fraction of sp³-hybridized carbons (Fsp3) is 0.290. The number of nitrogens with zero attached hydrogens (tertiary/aromatic N) is 4. The highest BCUT2D eigenvalue weighted by atomic mass is 16.6. The highest BCUT2D eigenvalue weighted by Gasteiger charge is 2.57. The molecular weight excluding hydrogens is 572 g/mol. The Hall–Kier alpha value is -5.46. The molecule has 0 saturated carbocycles. The Morgan fingerprint density at radius 3 is 2.11 bits per heavy atom. The van der Waals surface area contributed by atoms with Crippen LogP contribution in [0.3, 0.4) is 0 Å².